The van der Waals surface area contributed by atoms with Crippen LogP contribution in [0.15, 0.2) is 49.0 Å². The van der Waals surface area contributed by atoms with Gasteiger partial charge in [-0.2, -0.15) is 0 Å². The van der Waals surface area contributed by atoms with Crippen molar-refractivity contribution < 1.29 is 14.5 Å². The van der Waals surface area contributed by atoms with Crippen LogP contribution in [0.4, 0.5) is 11.4 Å². The largest absolute Gasteiger partial charge is 0.490 e. The van der Waals surface area contributed by atoms with Gasteiger partial charge in [-0.3, -0.25) is 14.9 Å². The highest BCUT2D eigenvalue weighted by Crippen LogP contribution is 2.25. The van der Waals surface area contributed by atoms with E-state index in [0.717, 1.165) is 5.56 Å². The van der Waals surface area contributed by atoms with Crippen molar-refractivity contribution in [3.63, 3.8) is 0 Å². The molecule has 0 aliphatic rings. The van der Waals surface area contributed by atoms with Gasteiger partial charge < -0.3 is 10.1 Å². The van der Waals surface area contributed by atoms with Crippen molar-refractivity contribution in [3.05, 3.63) is 70.3 Å². The molecule has 0 aromatic heterocycles. The SMILES string of the molecule is C=Cc1cc(NC(=O)c2ccc([N+](=O)[O-])cc2)ccc1OC(C)C. The Morgan fingerprint density at radius 2 is 1.92 bits per heavy atom. The predicted molar refractivity (Wildman–Crippen MR) is 93.3 cm³/mol. The summed E-state index contributed by atoms with van der Waals surface area (Å²) in [5, 5.41) is 13.4. The topological polar surface area (TPSA) is 81.5 Å². The third-order valence-electron chi connectivity index (χ3n) is 3.19. The first kappa shape index (κ1) is 17.2. The molecule has 2 rings (SSSR count). The summed E-state index contributed by atoms with van der Waals surface area (Å²) in [6, 6.07) is 10.7. The Hall–Kier alpha value is -3.15. The smallest absolute Gasteiger partial charge is 0.269 e. The molecule has 0 saturated heterocycles. The molecular weight excluding hydrogens is 308 g/mol. The molecule has 0 fully saturated rings. The molecule has 24 heavy (non-hydrogen) atoms. The summed E-state index contributed by atoms with van der Waals surface area (Å²) in [5.41, 5.74) is 1.63. The van der Waals surface area contributed by atoms with Crippen molar-refractivity contribution in [1.82, 2.24) is 0 Å². The van der Waals surface area contributed by atoms with Gasteiger partial charge in [0.05, 0.1) is 11.0 Å². The standard InChI is InChI=1S/C18H18N2O4/c1-4-13-11-15(7-10-17(13)24-12(2)3)19-18(21)14-5-8-16(9-6-14)20(22)23/h4-12H,1H2,2-3H3,(H,19,21). The molecule has 0 radical (unpaired) electrons. The van der Waals surface area contributed by atoms with Crippen molar-refractivity contribution in [2.24, 2.45) is 0 Å². The van der Waals surface area contributed by atoms with Crippen LogP contribution in [0.2, 0.25) is 0 Å². The maximum Gasteiger partial charge on any atom is 0.269 e. The van der Waals surface area contributed by atoms with E-state index in [9.17, 15) is 14.9 Å². The number of nitrogens with one attached hydrogen (secondary N) is 1. The van der Waals surface area contributed by atoms with Crippen molar-refractivity contribution in [1.29, 1.82) is 0 Å². The number of hydrogen-bond acceptors (Lipinski definition) is 4. The number of ether oxygens (including phenoxy) is 1. The van der Waals surface area contributed by atoms with Gasteiger partial charge in [0.2, 0.25) is 0 Å². The van der Waals surface area contributed by atoms with Crippen LogP contribution in [0.1, 0.15) is 29.8 Å². The molecule has 0 bridgehead atoms. The average Bonchev–Trinajstić information content (AvgIpc) is 2.55. The van der Waals surface area contributed by atoms with E-state index in [0.29, 0.717) is 17.0 Å². The van der Waals surface area contributed by atoms with Crippen molar-refractivity contribution in [2.75, 3.05) is 5.32 Å². The van der Waals surface area contributed by atoms with Gasteiger partial charge in [0.15, 0.2) is 0 Å². The number of nitrogens with zero attached hydrogens (tertiary/aromatic N) is 1. The number of nitro benzene ring substituents is 1. The zero-order valence-electron chi connectivity index (χ0n) is 13.5. The monoisotopic (exact) mass is 326 g/mol. The minimum absolute atomic E-state index is 0.0317. The summed E-state index contributed by atoms with van der Waals surface area (Å²) in [7, 11) is 0. The van der Waals surface area contributed by atoms with Gasteiger partial charge >= 0.3 is 0 Å². The molecule has 0 spiro atoms. The van der Waals surface area contributed by atoms with E-state index in [1.54, 1.807) is 24.3 Å². The highest BCUT2D eigenvalue weighted by atomic mass is 16.6. The minimum atomic E-state index is -0.508. The second-order valence-corrected chi connectivity index (χ2v) is 5.38. The summed E-state index contributed by atoms with van der Waals surface area (Å²) >= 11 is 0. The first-order chi connectivity index (χ1) is 11.4. The highest BCUT2D eigenvalue weighted by molar-refractivity contribution is 6.04. The number of benzene rings is 2. The summed E-state index contributed by atoms with van der Waals surface area (Å²) in [6.07, 6.45) is 1.68. The van der Waals surface area contributed by atoms with Crippen LogP contribution in [0.25, 0.3) is 6.08 Å². The van der Waals surface area contributed by atoms with Crippen LogP contribution >= 0.6 is 0 Å². The molecule has 6 nitrogen and oxygen atoms in total. The third kappa shape index (κ3) is 4.19. The normalized spacial score (nSPS) is 10.3. The van der Waals surface area contributed by atoms with Gasteiger partial charge in [0.1, 0.15) is 5.75 Å². The lowest BCUT2D eigenvalue weighted by Crippen LogP contribution is -2.12. The Bertz CT molecular complexity index is 767. The van der Waals surface area contributed by atoms with Gasteiger partial charge in [-0.25, -0.2) is 0 Å². The quantitative estimate of drug-likeness (QED) is 0.634. The number of hydrogen-bond donors (Lipinski definition) is 1. The number of non-ortho nitro benzene ring substituents is 1. The van der Waals surface area contributed by atoms with Crippen molar-refractivity contribution in [2.45, 2.75) is 20.0 Å². The van der Waals surface area contributed by atoms with E-state index in [-0.39, 0.29) is 17.7 Å². The molecular formula is C18H18N2O4. The van der Waals surface area contributed by atoms with Crippen LogP contribution < -0.4 is 10.1 Å². The Labute approximate surface area is 139 Å². The van der Waals surface area contributed by atoms with Crippen LogP contribution in [0.3, 0.4) is 0 Å². The molecule has 6 heteroatoms. The Balaban J connectivity index is 2.16. The van der Waals surface area contributed by atoms with Crippen LogP contribution in [0, 0.1) is 10.1 Å². The van der Waals surface area contributed by atoms with Crippen LogP contribution in [-0.4, -0.2) is 16.9 Å². The van der Waals surface area contributed by atoms with Gasteiger partial charge in [-0.05, 0) is 44.2 Å². The van der Waals surface area contributed by atoms with Crippen molar-refractivity contribution in [3.8, 4) is 5.75 Å². The summed E-state index contributed by atoms with van der Waals surface area (Å²) in [5.74, 6) is 0.339. The second kappa shape index (κ2) is 7.41. The van der Waals surface area contributed by atoms with E-state index in [1.165, 1.54) is 24.3 Å². The maximum atomic E-state index is 12.2. The second-order valence-electron chi connectivity index (χ2n) is 5.38. The average molecular weight is 326 g/mol. The molecule has 0 heterocycles. The van der Waals surface area contributed by atoms with Crippen LogP contribution in [-0.2, 0) is 0 Å². The van der Waals surface area contributed by atoms with E-state index in [2.05, 4.69) is 11.9 Å². The number of rotatable bonds is 6. The first-order valence-corrected chi connectivity index (χ1v) is 7.39. The molecule has 0 aliphatic carbocycles. The summed E-state index contributed by atoms with van der Waals surface area (Å²) < 4.78 is 5.67. The fourth-order valence-electron chi connectivity index (χ4n) is 2.08. The van der Waals surface area contributed by atoms with Gasteiger partial charge in [0.25, 0.3) is 11.6 Å². The molecule has 0 unspecified atom stereocenters. The lowest BCUT2D eigenvalue weighted by atomic mass is 10.1. The molecule has 124 valence electrons. The predicted octanol–water partition coefficient (Wildman–Crippen LogP) is 4.28. The number of carbonyl (C=O) groups excluding carboxylic acids is 1. The number of nitro groups is 1. The zero-order valence-corrected chi connectivity index (χ0v) is 13.5. The lowest BCUT2D eigenvalue weighted by molar-refractivity contribution is -0.384. The molecule has 1 N–H and O–H groups in total. The molecule has 0 aliphatic heterocycles. The maximum absolute atomic E-state index is 12.2. The fraction of sp³-hybridized carbons (Fsp3) is 0.167. The first-order valence-electron chi connectivity index (χ1n) is 7.39. The van der Waals surface area contributed by atoms with Crippen molar-refractivity contribution >= 4 is 23.4 Å². The number of carbonyl (C=O) groups is 1. The molecule has 1 amide bonds. The Morgan fingerprint density at radius 3 is 2.46 bits per heavy atom. The number of anilines is 1. The minimum Gasteiger partial charge on any atom is -0.490 e. The third-order valence-corrected chi connectivity index (χ3v) is 3.19. The molecule has 0 saturated carbocycles. The fourth-order valence-corrected chi connectivity index (χ4v) is 2.08. The van der Waals surface area contributed by atoms with Gasteiger partial charge in [0, 0.05) is 28.9 Å². The lowest BCUT2D eigenvalue weighted by Gasteiger charge is -2.14. The van der Waals surface area contributed by atoms with Crippen LogP contribution in [0.5, 0.6) is 5.75 Å². The number of amides is 1. The molecule has 2 aromatic carbocycles. The summed E-state index contributed by atoms with van der Waals surface area (Å²) in [4.78, 5) is 22.3. The van der Waals surface area contributed by atoms with E-state index in [4.69, 9.17) is 4.74 Å². The Kier molecular flexibility index (Phi) is 5.31. The summed E-state index contributed by atoms with van der Waals surface area (Å²) in [6.45, 7) is 7.60. The zero-order chi connectivity index (χ0) is 17.7. The van der Waals surface area contributed by atoms with E-state index < -0.39 is 4.92 Å². The molecule has 2 aromatic rings. The van der Waals surface area contributed by atoms with Gasteiger partial charge in [-0.15, -0.1) is 0 Å². The highest BCUT2D eigenvalue weighted by Gasteiger charge is 2.11. The Morgan fingerprint density at radius 1 is 1.25 bits per heavy atom. The van der Waals surface area contributed by atoms with Gasteiger partial charge in [-0.1, -0.05) is 12.7 Å². The molecule has 0 atom stereocenters. The van der Waals surface area contributed by atoms with E-state index >= 15 is 0 Å². The van der Waals surface area contributed by atoms with E-state index in [1.807, 2.05) is 13.8 Å².